The molecule has 0 saturated heterocycles. The lowest BCUT2D eigenvalue weighted by Crippen LogP contribution is -2.32. The van der Waals surface area contributed by atoms with E-state index in [9.17, 15) is 14.9 Å². The van der Waals surface area contributed by atoms with Crippen molar-refractivity contribution >= 4 is 23.2 Å². The van der Waals surface area contributed by atoms with Gasteiger partial charge in [-0.3, -0.25) is 14.9 Å². The fourth-order valence-corrected chi connectivity index (χ4v) is 2.47. The zero-order chi connectivity index (χ0) is 14.9. The number of non-ortho nitro benzene ring substituents is 1. The molecule has 0 aromatic heterocycles. The van der Waals surface area contributed by atoms with Crippen LogP contribution in [0.5, 0.6) is 0 Å². The third-order valence-electron chi connectivity index (χ3n) is 4.12. The fourth-order valence-electron chi connectivity index (χ4n) is 2.27. The summed E-state index contributed by atoms with van der Waals surface area (Å²) in [6.07, 6.45) is 2.21. The number of carbonyl (C=O) groups is 1. The predicted octanol–water partition coefficient (Wildman–Crippen LogP) is 3.41. The maximum Gasteiger partial charge on any atom is 0.270 e. The first-order chi connectivity index (χ1) is 9.35. The van der Waals surface area contributed by atoms with Crippen LogP contribution in [0.1, 0.15) is 37.0 Å². The highest BCUT2D eigenvalue weighted by atomic mass is 35.5. The molecule has 0 radical (unpaired) electrons. The molecule has 2 rings (SSSR count). The number of nitrogens with one attached hydrogen (secondary N) is 1. The first-order valence-corrected chi connectivity index (χ1v) is 6.96. The van der Waals surface area contributed by atoms with Crippen molar-refractivity contribution < 1.29 is 9.72 Å². The maximum atomic E-state index is 12.1. The Hall–Kier alpha value is -1.62. The SMILES string of the molecule is CC(C)C1(CNC(=O)c2cc([N+](=O)[O-])ccc2Cl)CC1. The van der Waals surface area contributed by atoms with Crippen molar-refractivity contribution in [1.82, 2.24) is 5.32 Å². The summed E-state index contributed by atoms with van der Waals surface area (Å²) in [5, 5.41) is 13.8. The van der Waals surface area contributed by atoms with E-state index in [-0.39, 0.29) is 27.6 Å². The van der Waals surface area contributed by atoms with Crippen LogP contribution in [0.3, 0.4) is 0 Å². The molecule has 6 heteroatoms. The summed E-state index contributed by atoms with van der Waals surface area (Å²) in [7, 11) is 0. The van der Waals surface area contributed by atoms with Crippen LogP contribution in [0, 0.1) is 21.4 Å². The summed E-state index contributed by atoms with van der Waals surface area (Å²) in [6.45, 7) is 4.86. The number of carbonyl (C=O) groups excluding carboxylic acids is 1. The number of nitrogens with zero attached hydrogens (tertiary/aromatic N) is 1. The second-order valence-electron chi connectivity index (χ2n) is 5.62. The molecule has 1 aliphatic rings. The highest BCUT2D eigenvalue weighted by Gasteiger charge is 2.45. The second-order valence-corrected chi connectivity index (χ2v) is 6.03. The lowest BCUT2D eigenvalue weighted by Gasteiger charge is -2.20. The molecule has 0 heterocycles. The lowest BCUT2D eigenvalue weighted by atomic mass is 9.92. The fraction of sp³-hybridized carbons (Fsp3) is 0.500. The van der Waals surface area contributed by atoms with Gasteiger partial charge in [-0.05, 0) is 30.2 Å². The van der Waals surface area contributed by atoms with Gasteiger partial charge in [0.15, 0.2) is 0 Å². The normalized spacial score (nSPS) is 16.0. The van der Waals surface area contributed by atoms with Gasteiger partial charge in [0.2, 0.25) is 0 Å². The second kappa shape index (κ2) is 5.40. The first-order valence-electron chi connectivity index (χ1n) is 6.58. The average Bonchev–Trinajstić information content (AvgIpc) is 3.17. The molecule has 1 N–H and O–H groups in total. The van der Waals surface area contributed by atoms with Crippen LogP contribution in [-0.2, 0) is 0 Å². The molecule has 5 nitrogen and oxygen atoms in total. The Morgan fingerprint density at radius 1 is 1.50 bits per heavy atom. The van der Waals surface area contributed by atoms with E-state index in [2.05, 4.69) is 19.2 Å². The molecule has 1 aliphatic carbocycles. The zero-order valence-corrected chi connectivity index (χ0v) is 12.2. The van der Waals surface area contributed by atoms with Crippen molar-refractivity contribution in [3.63, 3.8) is 0 Å². The number of amides is 1. The molecule has 1 fully saturated rings. The summed E-state index contributed by atoms with van der Waals surface area (Å²) in [4.78, 5) is 22.3. The van der Waals surface area contributed by atoms with Crippen LogP contribution < -0.4 is 5.32 Å². The van der Waals surface area contributed by atoms with Gasteiger partial charge in [0.1, 0.15) is 0 Å². The van der Waals surface area contributed by atoms with E-state index in [0.717, 1.165) is 12.8 Å². The van der Waals surface area contributed by atoms with Gasteiger partial charge < -0.3 is 5.32 Å². The Bertz CT molecular complexity index is 553. The van der Waals surface area contributed by atoms with Gasteiger partial charge in [0, 0.05) is 18.7 Å². The Labute approximate surface area is 122 Å². The smallest absolute Gasteiger partial charge is 0.270 e. The van der Waals surface area contributed by atoms with Crippen molar-refractivity contribution in [2.24, 2.45) is 11.3 Å². The highest BCUT2D eigenvalue weighted by Crippen LogP contribution is 2.51. The van der Waals surface area contributed by atoms with E-state index in [4.69, 9.17) is 11.6 Å². The average molecular weight is 297 g/mol. The Balaban J connectivity index is 2.09. The number of hydrogen-bond donors (Lipinski definition) is 1. The van der Waals surface area contributed by atoms with Crippen molar-refractivity contribution in [1.29, 1.82) is 0 Å². The van der Waals surface area contributed by atoms with Gasteiger partial charge in [0.25, 0.3) is 11.6 Å². The van der Waals surface area contributed by atoms with Crippen molar-refractivity contribution in [3.8, 4) is 0 Å². The molecular formula is C14H17ClN2O3. The number of halogens is 1. The minimum atomic E-state index is -0.538. The largest absolute Gasteiger partial charge is 0.351 e. The molecule has 108 valence electrons. The molecule has 0 aliphatic heterocycles. The minimum absolute atomic E-state index is 0.135. The summed E-state index contributed by atoms with van der Waals surface area (Å²) < 4.78 is 0. The molecule has 1 aromatic carbocycles. The molecule has 1 amide bonds. The molecular weight excluding hydrogens is 280 g/mol. The third kappa shape index (κ3) is 2.93. The van der Waals surface area contributed by atoms with E-state index >= 15 is 0 Å². The van der Waals surface area contributed by atoms with Crippen LogP contribution in [0.2, 0.25) is 5.02 Å². The van der Waals surface area contributed by atoms with Crippen LogP contribution in [0.4, 0.5) is 5.69 Å². The molecule has 1 saturated carbocycles. The van der Waals surface area contributed by atoms with E-state index in [1.165, 1.54) is 18.2 Å². The third-order valence-corrected chi connectivity index (χ3v) is 4.45. The highest BCUT2D eigenvalue weighted by molar-refractivity contribution is 6.33. The Morgan fingerprint density at radius 2 is 2.15 bits per heavy atom. The van der Waals surface area contributed by atoms with Gasteiger partial charge >= 0.3 is 0 Å². The monoisotopic (exact) mass is 296 g/mol. The van der Waals surface area contributed by atoms with Gasteiger partial charge in [-0.2, -0.15) is 0 Å². The summed E-state index contributed by atoms with van der Waals surface area (Å²) >= 11 is 5.94. The quantitative estimate of drug-likeness (QED) is 0.668. The van der Waals surface area contributed by atoms with E-state index in [1.807, 2.05) is 0 Å². The Morgan fingerprint density at radius 3 is 2.65 bits per heavy atom. The van der Waals surface area contributed by atoms with Crippen molar-refractivity contribution in [3.05, 3.63) is 38.9 Å². The van der Waals surface area contributed by atoms with Gasteiger partial charge in [-0.1, -0.05) is 25.4 Å². The number of nitro groups is 1. The van der Waals surface area contributed by atoms with Crippen LogP contribution in [0.25, 0.3) is 0 Å². The Kier molecular flexibility index (Phi) is 3.99. The minimum Gasteiger partial charge on any atom is -0.351 e. The summed E-state index contributed by atoms with van der Waals surface area (Å²) in [6, 6.07) is 3.88. The van der Waals surface area contributed by atoms with Gasteiger partial charge in [0.05, 0.1) is 15.5 Å². The summed E-state index contributed by atoms with van der Waals surface area (Å²) in [5.41, 5.74) is 0.202. The molecule has 1 aromatic rings. The van der Waals surface area contributed by atoms with E-state index < -0.39 is 4.92 Å². The van der Waals surface area contributed by atoms with Gasteiger partial charge in [-0.15, -0.1) is 0 Å². The molecule has 0 unspecified atom stereocenters. The predicted molar refractivity (Wildman–Crippen MR) is 76.9 cm³/mol. The molecule has 20 heavy (non-hydrogen) atoms. The number of rotatable bonds is 5. The van der Waals surface area contributed by atoms with E-state index in [0.29, 0.717) is 12.5 Å². The standard InChI is InChI=1S/C14H17ClN2O3/c1-9(2)14(5-6-14)8-16-13(18)11-7-10(17(19)20)3-4-12(11)15/h3-4,7,9H,5-6,8H2,1-2H3,(H,16,18). The number of hydrogen-bond acceptors (Lipinski definition) is 3. The first kappa shape index (κ1) is 14.8. The number of nitro benzene ring substituents is 1. The molecule has 0 atom stereocenters. The van der Waals surface area contributed by atoms with Gasteiger partial charge in [-0.25, -0.2) is 0 Å². The van der Waals surface area contributed by atoms with Crippen LogP contribution in [0.15, 0.2) is 18.2 Å². The summed E-state index contributed by atoms with van der Waals surface area (Å²) in [5.74, 6) is 0.147. The molecule has 0 spiro atoms. The number of benzene rings is 1. The van der Waals surface area contributed by atoms with Crippen LogP contribution >= 0.6 is 11.6 Å². The maximum absolute atomic E-state index is 12.1. The van der Waals surface area contributed by atoms with Crippen molar-refractivity contribution in [2.75, 3.05) is 6.54 Å². The van der Waals surface area contributed by atoms with Crippen molar-refractivity contribution in [2.45, 2.75) is 26.7 Å². The zero-order valence-electron chi connectivity index (χ0n) is 11.5. The van der Waals surface area contributed by atoms with Crippen LogP contribution in [-0.4, -0.2) is 17.4 Å². The molecule has 0 bridgehead atoms. The lowest BCUT2D eigenvalue weighted by molar-refractivity contribution is -0.384. The topological polar surface area (TPSA) is 72.2 Å². The van der Waals surface area contributed by atoms with E-state index in [1.54, 1.807) is 0 Å².